The smallest absolute Gasteiger partial charge is 0.273 e. The van der Waals surface area contributed by atoms with Crippen LogP contribution in [-0.2, 0) is 0 Å². The van der Waals surface area contributed by atoms with E-state index in [4.69, 9.17) is 0 Å². The molecule has 1 amide bonds. The van der Waals surface area contributed by atoms with Gasteiger partial charge in [0.15, 0.2) is 0 Å². The van der Waals surface area contributed by atoms with Crippen LogP contribution in [0.15, 0.2) is 22.8 Å². The Morgan fingerprint density at radius 3 is 2.95 bits per heavy atom. The molecule has 5 heteroatoms. The maximum Gasteiger partial charge on any atom is 0.273 e. The maximum absolute atomic E-state index is 12.9. The second kappa shape index (κ2) is 5.20. The van der Waals surface area contributed by atoms with E-state index in [9.17, 15) is 4.79 Å². The van der Waals surface area contributed by atoms with Crippen molar-refractivity contribution in [2.24, 2.45) is 0 Å². The Morgan fingerprint density at radius 2 is 2.20 bits per heavy atom. The molecule has 0 aromatic carbocycles. The molecule has 3 heterocycles. The molecule has 2 aromatic rings. The van der Waals surface area contributed by atoms with Crippen molar-refractivity contribution in [2.75, 3.05) is 6.54 Å². The van der Waals surface area contributed by atoms with E-state index >= 15 is 0 Å². The summed E-state index contributed by atoms with van der Waals surface area (Å²) < 4.78 is 2.84. The fourth-order valence-corrected chi connectivity index (χ4v) is 3.27. The fraction of sp³-hybridized carbons (Fsp3) is 0.467. The zero-order valence-corrected chi connectivity index (χ0v) is 13.4. The number of hydrogen-bond donors (Lipinski definition) is 0. The molecule has 1 aliphatic rings. The Kier molecular flexibility index (Phi) is 3.54. The van der Waals surface area contributed by atoms with Crippen molar-refractivity contribution in [1.29, 1.82) is 0 Å². The summed E-state index contributed by atoms with van der Waals surface area (Å²) in [6.45, 7) is 4.88. The summed E-state index contributed by atoms with van der Waals surface area (Å²) in [7, 11) is 0. The number of halogens is 1. The number of nitrogens with zero attached hydrogens (tertiary/aromatic N) is 3. The number of carbonyl (C=O) groups excluding carboxylic acids is 1. The number of piperidine rings is 1. The molecule has 1 aliphatic heterocycles. The predicted octanol–water partition coefficient (Wildman–Crippen LogP) is 3.42. The fourth-order valence-electron chi connectivity index (χ4n) is 2.93. The number of hydrogen-bond acceptors (Lipinski definition) is 2. The SMILES string of the molecule is Cc1nc2ccc(Br)cn2c1C(=O)N1CCCCC1C. The molecule has 0 bridgehead atoms. The van der Waals surface area contributed by atoms with Gasteiger partial charge in [-0.15, -0.1) is 0 Å². The lowest BCUT2D eigenvalue weighted by Gasteiger charge is -2.33. The van der Waals surface area contributed by atoms with Crippen molar-refractivity contribution in [3.05, 3.63) is 34.2 Å². The van der Waals surface area contributed by atoms with E-state index in [2.05, 4.69) is 27.8 Å². The van der Waals surface area contributed by atoms with Gasteiger partial charge in [-0.2, -0.15) is 0 Å². The maximum atomic E-state index is 12.9. The van der Waals surface area contributed by atoms with Gasteiger partial charge in [-0.1, -0.05) is 0 Å². The first kappa shape index (κ1) is 13.6. The van der Waals surface area contributed by atoms with E-state index in [1.54, 1.807) is 0 Å². The van der Waals surface area contributed by atoms with E-state index in [1.165, 1.54) is 6.42 Å². The first-order chi connectivity index (χ1) is 9.58. The highest BCUT2D eigenvalue weighted by Gasteiger charge is 2.27. The third-order valence-electron chi connectivity index (χ3n) is 4.02. The summed E-state index contributed by atoms with van der Waals surface area (Å²) in [4.78, 5) is 19.3. The van der Waals surface area contributed by atoms with Gasteiger partial charge in [0, 0.05) is 23.3 Å². The van der Waals surface area contributed by atoms with Gasteiger partial charge in [0.2, 0.25) is 0 Å². The highest BCUT2D eigenvalue weighted by molar-refractivity contribution is 9.10. The van der Waals surface area contributed by atoms with Gasteiger partial charge in [-0.3, -0.25) is 9.20 Å². The number of aryl methyl sites for hydroxylation is 1. The van der Waals surface area contributed by atoms with E-state index in [-0.39, 0.29) is 5.91 Å². The van der Waals surface area contributed by atoms with Crippen molar-refractivity contribution in [3.63, 3.8) is 0 Å². The number of amides is 1. The lowest BCUT2D eigenvalue weighted by atomic mass is 10.0. The Labute approximate surface area is 126 Å². The van der Waals surface area contributed by atoms with Crippen LogP contribution in [-0.4, -0.2) is 32.8 Å². The van der Waals surface area contributed by atoms with Gasteiger partial charge in [-0.05, 0) is 61.2 Å². The lowest BCUT2D eigenvalue weighted by Crippen LogP contribution is -2.42. The van der Waals surface area contributed by atoms with Crippen molar-refractivity contribution < 1.29 is 4.79 Å². The molecule has 2 aromatic heterocycles. The second-order valence-corrected chi connectivity index (χ2v) is 6.38. The van der Waals surface area contributed by atoms with Gasteiger partial charge in [0.05, 0.1) is 5.69 Å². The van der Waals surface area contributed by atoms with Crippen LogP contribution in [0.3, 0.4) is 0 Å². The van der Waals surface area contributed by atoms with Crippen LogP contribution in [0.5, 0.6) is 0 Å². The van der Waals surface area contributed by atoms with E-state index in [1.807, 2.05) is 34.6 Å². The normalized spacial score (nSPS) is 19.6. The third kappa shape index (κ3) is 2.24. The van der Waals surface area contributed by atoms with Crippen molar-refractivity contribution >= 4 is 27.5 Å². The van der Waals surface area contributed by atoms with E-state index < -0.39 is 0 Å². The van der Waals surface area contributed by atoms with Crippen LogP contribution in [0.1, 0.15) is 42.4 Å². The topological polar surface area (TPSA) is 37.6 Å². The molecule has 0 N–H and O–H groups in total. The number of imidazole rings is 1. The van der Waals surface area contributed by atoms with E-state index in [0.717, 1.165) is 35.2 Å². The third-order valence-corrected chi connectivity index (χ3v) is 4.49. The van der Waals surface area contributed by atoms with Crippen molar-refractivity contribution in [1.82, 2.24) is 14.3 Å². The molecule has 20 heavy (non-hydrogen) atoms. The summed E-state index contributed by atoms with van der Waals surface area (Å²) >= 11 is 3.46. The molecular weight excluding hydrogens is 318 g/mol. The Balaban J connectivity index is 2.06. The number of aromatic nitrogens is 2. The minimum absolute atomic E-state index is 0.0975. The first-order valence-electron chi connectivity index (χ1n) is 7.03. The Hall–Kier alpha value is -1.36. The minimum Gasteiger partial charge on any atom is -0.335 e. The predicted molar refractivity (Wildman–Crippen MR) is 82.0 cm³/mol. The highest BCUT2D eigenvalue weighted by atomic mass is 79.9. The van der Waals surface area contributed by atoms with Crippen LogP contribution in [0.4, 0.5) is 0 Å². The molecular formula is C15H18BrN3O. The van der Waals surface area contributed by atoms with Gasteiger partial charge < -0.3 is 4.90 Å². The summed E-state index contributed by atoms with van der Waals surface area (Å²) in [6, 6.07) is 4.18. The largest absolute Gasteiger partial charge is 0.335 e. The molecule has 1 atom stereocenters. The van der Waals surface area contributed by atoms with Gasteiger partial charge in [0.1, 0.15) is 11.3 Å². The molecule has 0 radical (unpaired) electrons. The number of pyridine rings is 1. The number of fused-ring (bicyclic) bond motifs is 1. The summed E-state index contributed by atoms with van der Waals surface area (Å²) in [5.74, 6) is 0.0975. The Bertz CT molecular complexity index is 664. The van der Waals surface area contributed by atoms with Crippen molar-refractivity contribution in [2.45, 2.75) is 39.2 Å². The van der Waals surface area contributed by atoms with Gasteiger partial charge in [-0.25, -0.2) is 4.98 Å². The number of carbonyl (C=O) groups is 1. The van der Waals surface area contributed by atoms with Gasteiger partial charge in [0.25, 0.3) is 5.91 Å². The second-order valence-electron chi connectivity index (χ2n) is 5.46. The quantitative estimate of drug-likeness (QED) is 0.800. The zero-order chi connectivity index (χ0) is 14.3. The van der Waals surface area contributed by atoms with E-state index in [0.29, 0.717) is 11.7 Å². The van der Waals surface area contributed by atoms with Crippen LogP contribution < -0.4 is 0 Å². The average Bonchev–Trinajstić information content (AvgIpc) is 2.74. The zero-order valence-electron chi connectivity index (χ0n) is 11.8. The van der Waals surface area contributed by atoms with Gasteiger partial charge >= 0.3 is 0 Å². The highest BCUT2D eigenvalue weighted by Crippen LogP contribution is 2.22. The molecule has 3 rings (SSSR count). The molecule has 1 fully saturated rings. The van der Waals surface area contributed by atoms with Crippen molar-refractivity contribution in [3.8, 4) is 0 Å². The molecule has 0 spiro atoms. The minimum atomic E-state index is 0.0975. The number of rotatable bonds is 1. The Morgan fingerprint density at radius 1 is 1.40 bits per heavy atom. The molecule has 106 valence electrons. The molecule has 1 saturated heterocycles. The number of likely N-dealkylation sites (tertiary alicyclic amines) is 1. The standard InChI is InChI=1S/C15H18BrN3O/c1-10-5-3-4-8-18(10)15(20)14-11(2)17-13-7-6-12(16)9-19(13)14/h6-7,9-10H,3-5,8H2,1-2H3. The summed E-state index contributed by atoms with van der Waals surface area (Å²) in [5, 5.41) is 0. The summed E-state index contributed by atoms with van der Waals surface area (Å²) in [5.41, 5.74) is 2.31. The molecule has 0 saturated carbocycles. The first-order valence-corrected chi connectivity index (χ1v) is 7.82. The summed E-state index contributed by atoms with van der Waals surface area (Å²) in [6.07, 6.45) is 5.31. The monoisotopic (exact) mass is 335 g/mol. The van der Waals surface area contributed by atoms with Crippen LogP contribution in [0.2, 0.25) is 0 Å². The van der Waals surface area contributed by atoms with Crippen LogP contribution in [0, 0.1) is 6.92 Å². The molecule has 1 unspecified atom stereocenters. The lowest BCUT2D eigenvalue weighted by molar-refractivity contribution is 0.0627. The van der Waals surface area contributed by atoms with Crippen LogP contribution in [0.25, 0.3) is 5.65 Å². The average molecular weight is 336 g/mol. The van der Waals surface area contributed by atoms with Crippen LogP contribution >= 0.6 is 15.9 Å². The molecule has 4 nitrogen and oxygen atoms in total. The molecule has 0 aliphatic carbocycles.